The van der Waals surface area contributed by atoms with Gasteiger partial charge in [0.1, 0.15) is 5.69 Å². The van der Waals surface area contributed by atoms with Gasteiger partial charge in [-0.15, -0.1) is 0 Å². The van der Waals surface area contributed by atoms with E-state index in [9.17, 15) is 4.79 Å². The molecule has 0 radical (unpaired) electrons. The summed E-state index contributed by atoms with van der Waals surface area (Å²) >= 11 is 7.53. The molecule has 0 spiro atoms. The number of carbonyl (C=O) groups is 1. The number of benzene rings is 3. The topological polar surface area (TPSA) is 44.9 Å². The summed E-state index contributed by atoms with van der Waals surface area (Å²) in [5.41, 5.74) is 3.71. The summed E-state index contributed by atoms with van der Waals surface area (Å²) < 4.78 is 0. The molecule has 28 heavy (non-hydrogen) atoms. The Bertz CT molecular complexity index is 1120. The maximum atomic E-state index is 13.0. The number of hydrogen-bond acceptors (Lipinski definition) is 2. The molecule has 0 unspecified atom stereocenters. The zero-order valence-electron chi connectivity index (χ0n) is 15.3. The molecule has 4 aromatic rings. The third-order valence-corrected chi connectivity index (χ3v) is 5.85. The molecule has 5 heteroatoms. The molecule has 140 valence electrons. The van der Waals surface area contributed by atoms with Crippen LogP contribution in [0.15, 0.2) is 82.6 Å². The Morgan fingerprint density at radius 2 is 1.79 bits per heavy atom. The van der Waals surface area contributed by atoms with E-state index in [-0.39, 0.29) is 5.91 Å². The second-order valence-electron chi connectivity index (χ2n) is 6.60. The zero-order chi connectivity index (χ0) is 19.5. The van der Waals surface area contributed by atoms with Crippen LogP contribution >= 0.6 is 23.4 Å². The molecule has 0 saturated carbocycles. The minimum absolute atomic E-state index is 0.123. The van der Waals surface area contributed by atoms with Gasteiger partial charge >= 0.3 is 0 Å². The Labute approximate surface area is 173 Å². The monoisotopic (exact) mass is 406 g/mol. The molecule has 4 rings (SSSR count). The molecule has 1 aromatic heterocycles. The van der Waals surface area contributed by atoms with Gasteiger partial charge in [-0.3, -0.25) is 4.79 Å². The van der Waals surface area contributed by atoms with E-state index in [2.05, 4.69) is 28.5 Å². The molecular weight excluding hydrogens is 388 g/mol. The van der Waals surface area contributed by atoms with Crippen LogP contribution in [0.1, 0.15) is 21.6 Å². The number of rotatable bonds is 5. The van der Waals surface area contributed by atoms with Crippen molar-refractivity contribution < 1.29 is 4.79 Å². The van der Waals surface area contributed by atoms with Crippen molar-refractivity contribution in [3.63, 3.8) is 0 Å². The van der Waals surface area contributed by atoms with Crippen molar-refractivity contribution in [2.24, 2.45) is 0 Å². The second kappa shape index (κ2) is 8.13. The third kappa shape index (κ3) is 4.08. The maximum absolute atomic E-state index is 13.0. The number of nitrogens with one attached hydrogen (secondary N) is 2. The first-order valence-electron chi connectivity index (χ1n) is 8.98. The molecule has 0 aliphatic carbocycles. The highest BCUT2D eigenvalue weighted by Gasteiger charge is 2.19. The zero-order valence-corrected chi connectivity index (χ0v) is 16.9. The van der Waals surface area contributed by atoms with Crippen LogP contribution < -0.4 is 5.32 Å². The molecule has 0 saturated heterocycles. The Hall–Kier alpha value is -2.69. The Kier molecular flexibility index (Phi) is 5.42. The average molecular weight is 407 g/mol. The molecule has 1 heterocycles. The van der Waals surface area contributed by atoms with Gasteiger partial charge in [0.15, 0.2) is 0 Å². The van der Waals surface area contributed by atoms with Gasteiger partial charge in [0.25, 0.3) is 5.91 Å². The highest BCUT2D eigenvalue weighted by molar-refractivity contribution is 7.99. The normalized spacial score (nSPS) is 10.9. The number of aryl methyl sites for hydroxylation is 1. The van der Waals surface area contributed by atoms with E-state index in [1.54, 1.807) is 11.8 Å². The van der Waals surface area contributed by atoms with Crippen LogP contribution in [-0.4, -0.2) is 10.9 Å². The van der Waals surface area contributed by atoms with Crippen LogP contribution in [0, 0.1) is 6.92 Å². The molecule has 2 N–H and O–H groups in total. The molecule has 3 aromatic carbocycles. The van der Waals surface area contributed by atoms with Crippen LogP contribution in [0.3, 0.4) is 0 Å². The van der Waals surface area contributed by atoms with Crippen LogP contribution in [0.4, 0.5) is 0 Å². The molecule has 3 nitrogen and oxygen atoms in total. The highest BCUT2D eigenvalue weighted by Crippen LogP contribution is 2.37. The van der Waals surface area contributed by atoms with E-state index in [4.69, 9.17) is 11.6 Å². The summed E-state index contributed by atoms with van der Waals surface area (Å²) in [5.74, 6) is -0.123. The largest absolute Gasteiger partial charge is 0.350 e. The molecule has 0 fully saturated rings. The maximum Gasteiger partial charge on any atom is 0.269 e. The van der Waals surface area contributed by atoms with Crippen molar-refractivity contribution in [3.8, 4) is 0 Å². The molecular formula is C23H19ClN2OS. The van der Waals surface area contributed by atoms with E-state index in [1.165, 1.54) is 0 Å². The molecule has 0 atom stereocenters. The van der Waals surface area contributed by atoms with Gasteiger partial charge in [0.05, 0.1) is 4.90 Å². The fourth-order valence-corrected chi connectivity index (χ4v) is 4.22. The lowest BCUT2D eigenvalue weighted by Gasteiger charge is -2.07. The van der Waals surface area contributed by atoms with Gasteiger partial charge in [0.2, 0.25) is 0 Å². The SMILES string of the molecule is Cc1ccc2c(Sc3ccccc3)c(C(=O)NCc3ccc(Cl)cc3)[nH]c2c1. The molecule has 0 aliphatic heterocycles. The lowest BCUT2D eigenvalue weighted by atomic mass is 10.2. The number of aromatic amines is 1. The molecule has 0 aliphatic rings. The van der Waals surface area contributed by atoms with Crippen LogP contribution in [0.25, 0.3) is 10.9 Å². The highest BCUT2D eigenvalue weighted by atomic mass is 35.5. The fourth-order valence-electron chi connectivity index (χ4n) is 3.03. The second-order valence-corrected chi connectivity index (χ2v) is 8.12. The van der Waals surface area contributed by atoms with E-state index in [0.29, 0.717) is 17.3 Å². The predicted molar refractivity (Wildman–Crippen MR) is 116 cm³/mol. The summed E-state index contributed by atoms with van der Waals surface area (Å²) in [5, 5.41) is 4.74. The third-order valence-electron chi connectivity index (χ3n) is 4.46. The van der Waals surface area contributed by atoms with Gasteiger partial charge in [-0.25, -0.2) is 0 Å². The van der Waals surface area contributed by atoms with Gasteiger partial charge in [-0.05, 0) is 48.4 Å². The van der Waals surface area contributed by atoms with Crippen LogP contribution in [-0.2, 0) is 6.54 Å². The summed E-state index contributed by atoms with van der Waals surface area (Å²) in [4.78, 5) is 18.3. The van der Waals surface area contributed by atoms with E-state index in [1.807, 2.05) is 61.5 Å². The fraction of sp³-hybridized carbons (Fsp3) is 0.0870. The smallest absolute Gasteiger partial charge is 0.269 e. The number of fused-ring (bicyclic) bond motifs is 1. The molecule has 0 bridgehead atoms. The van der Waals surface area contributed by atoms with Gasteiger partial charge < -0.3 is 10.3 Å². The van der Waals surface area contributed by atoms with Crippen LogP contribution in [0.2, 0.25) is 5.02 Å². The van der Waals surface area contributed by atoms with Crippen molar-refractivity contribution in [2.45, 2.75) is 23.3 Å². The Morgan fingerprint density at radius 1 is 1.04 bits per heavy atom. The van der Waals surface area contributed by atoms with Crippen molar-refractivity contribution >= 4 is 40.2 Å². The number of hydrogen-bond donors (Lipinski definition) is 2. The van der Waals surface area contributed by atoms with Gasteiger partial charge in [-0.1, -0.05) is 65.8 Å². The first kappa shape index (κ1) is 18.7. The van der Waals surface area contributed by atoms with E-state index < -0.39 is 0 Å². The summed E-state index contributed by atoms with van der Waals surface area (Å²) in [6, 6.07) is 23.8. The summed E-state index contributed by atoms with van der Waals surface area (Å²) in [7, 11) is 0. The quantitative estimate of drug-likeness (QED) is 0.413. The first-order valence-corrected chi connectivity index (χ1v) is 10.2. The molecule has 1 amide bonds. The lowest BCUT2D eigenvalue weighted by Crippen LogP contribution is -2.23. The van der Waals surface area contributed by atoms with Crippen molar-refractivity contribution in [1.29, 1.82) is 0 Å². The Morgan fingerprint density at radius 3 is 2.54 bits per heavy atom. The van der Waals surface area contributed by atoms with E-state index in [0.717, 1.165) is 31.8 Å². The van der Waals surface area contributed by atoms with Gasteiger partial charge in [0, 0.05) is 27.4 Å². The van der Waals surface area contributed by atoms with E-state index >= 15 is 0 Å². The Balaban J connectivity index is 1.65. The number of amides is 1. The summed E-state index contributed by atoms with van der Waals surface area (Å²) in [6.45, 7) is 2.49. The number of carbonyl (C=O) groups excluding carboxylic acids is 1. The minimum atomic E-state index is -0.123. The van der Waals surface area contributed by atoms with Crippen molar-refractivity contribution in [2.75, 3.05) is 0 Å². The standard InChI is InChI=1S/C23H19ClN2OS/c1-15-7-12-19-20(13-15)26-21(22(19)28-18-5-3-2-4-6-18)23(27)25-14-16-8-10-17(24)11-9-16/h2-13,26H,14H2,1H3,(H,25,27). The summed E-state index contributed by atoms with van der Waals surface area (Å²) in [6.07, 6.45) is 0. The number of H-pyrrole nitrogens is 1. The predicted octanol–water partition coefficient (Wildman–Crippen LogP) is 6.21. The number of aromatic nitrogens is 1. The first-order chi connectivity index (χ1) is 13.6. The lowest BCUT2D eigenvalue weighted by molar-refractivity contribution is 0.0944. The van der Waals surface area contributed by atoms with Gasteiger partial charge in [-0.2, -0.15) is 0 Å². The minimum Gasteiger partial charge on any atom is -0.350 e. The average Bonchev–Trinajstić information content (AvgIpc) is 3.05. The number of halogens is 1. The van der Waals surface area contributed by atoms with Crippen molar-refractivity contribution in [3.05, 3.63) is 94.6 Å². The van der Waals surface area contributed by atoms with Crippen molar-refractivity contribution in [1.82, 2.24) is 10.3 Å². The van der Waals surface area contributed by atoms with Crippen LogP contribution in [0.5, 0.6) is 0 Å².